The first kappa shape index (κ1) is 14.9. The van der Waals surface area contributed by atoms with E-state index in [-0.39, 0.29) is 0 Å². The molecule has 2 aromatic heterocycles. The third kappa shape index (κ3) is 3.74. The van der Waals surface area contributed by atoms with E-state index in [2.05, 4.69) is 57.2 Å². The number of halogens is 1. The maximum atomic E-state index is 5.81. The molecular weight excluding hydrogens is 324 g/mol. The zero-order chi connectivity index (χ0) is 14.0. The first-order valence-electron chi connectivity index (χ1n) is 6.22. The van der Waals surface area contributed by atoms with Gasteiger partial charge in [-0.25, -0.2) is 15.0 Å². The molecule has 106 valence electrons. The number of pyridine rings is 1. The van der Waals surface area contributed by atoms with E-state index < -0.39 is 10.0 Å². The van der Waals surface area contributed by atoms with Gasteiger partial charge in [0, 0.05) is 27.5 Å². The summed E-state index contributed by atoms with van der Waals surface area (Å²) < 4.78 is 9.02. The largest absolute Gasteiger partial charge is 0.360 e. The molecule has 0 aromatic carbocycles. The Morgan fingerprint density at radius 1 is 1.37 bits per heavy atom. The van der Waals surface area contributed by atoms with Crippen molar-refractivity contribution in [1.29, 1.82) is 0 Å². The smallest absolute Gasteiger partial charge is 0.143 e. The van der Waals surface area contributed by atoms with Crippen LogP contribution in [0.15, 0.2) is 22.8 Å². The van der Waals surface area contributed by atoms with Crippen LogP contribution in [0.2, 0.25) is 0 Å². The molecule has 0 N–H and O–H groups in total. The fourth-order valence-corrected chi connectivity index (χ4v) is 2.90. The molecule has 0 spiro atoms. The summed E-state index contributed by atoms with van der Waals surface area (Å²) in [4.78, 5) is 4.45. The van der Waals surface area contributed by atoms with Gasteiger partial charge in [0.2, 0.25) is 0 Å². The van der Waals surface area contributed by atoms with Gasteiger partial charge in [0.25, 0.3) is 0 Å². The fraction of sp³-hybridized carbons (Fsp3) is 0.500. The molecule has 0 aliphatic heterocycles. The zero-order valence-electron chi connectivity index (χ0n) is 11.9. The number of fused-ring (bicyclic) bond motifs is 1. The predicted molar refractivity (Wildman–Crippen MR) is 88.4 cm³/mol. The third-order valence-electron chi connectivity index (χ3n) is 3.01. The van der Waals surface area contributed by atoms with Gasteiger partial charge in [-0.05, 0) is 53.8 Å². The molecule has 0 radical (unpaired) electrons. The number of hydrogen-bond acceptors (Lipinski definition) is 2. The topological polar surface area (TPSA) is 27.1 Å². The van der Waals surface area contributed by atoms with Crippen molar-refractivity contribution in [2.24, 2.45) is 0 Å². The lowest BCUT2D eigenvalue weighted by molar-refractivity contribution is 0.0911. The van der Waals surface area contributed by atoms with E-state index in [9.17, 15) is 0 Å². The minimum absolute atomic E-state index is 0.482. The summed E-state index contributed by atoms with van der Waals surface area (Å²) >= 11 is 3.56. The lowest BCUT2D eigenvalue weighted by atomic mass is 10.3. The van der Waals surface area contributed by atoms with Gasteiger partial charge in [-0.3, -0.25) is 0 Å². The van der Waals surface area contributed by atoms with E-state index in [4.69, 9.17) is 4.74 Å². The first-order chi connectivity index (χ1) is 8.88. The molecule has 2 aromatic rings. The van der Waals surface area contributed by atoms with Crippen molar-refractivity contribution in [2.75, 3.05) is 31.1 Å². The Hall–Kier alpha value is -0.520. The molecule has 0 aliphatic carbocycles. The van der Waals surface area contributed by atoms with Gasteiger partial charge >= 0.3 is 0 Å². The minimum Gasteiger partial charge on any atom is -0.360 e. The van der Waals surface area contributed by atoms with Crippen LogP contribution < -0.4 is 0 Å². The van der Waals surface area contributed by atoms with Crippen LogP contribution in [0.3, 0.4) is 0 Å². The Bertz CT molecular complexity index is 575. The summed E-state index contributed by atoms with van der Waals surface area (Å²) in [7, 11) is -0.482. The molecule has 5 heteroatoms. The maximum Gasteiger partial charge on any atom is 0.143 e. The Kier molecular flexibility index (Phi) is 4.58. The third-order valence-corrected chi connectivity index (χ3v) is 5.09. The lowest BCUT2D eigenvalue weighted by Gasteiger charge is -2.24. The summed E-state index contributed by atoms with van der Waals surface area (Å²) in [5.74, 6) is 1.14. The van der Waals surface area contributed by atoms with Crippen LogP contribution >= 0.6 is 26.0 Å². The normalized spacial score (nSPS) is 13.1. The van der Waals surface area contributed by atoms with E-state index in [1.165, 1.54) is 5.69 Å². The standard InChI is InChI=1S/C14H21BrN2OS/c1-11-9-12-13(15)5-6-16-14(12)17(11)10-18-7-8-19(2,3)4/h5-6,9H,7-8,10H2,1-4H3. The van der Waals surface area contributed by atoms with Crippen LogP contribution in [-0.2, 0) is 11.5 Å². The number of aryl methyl sites for hydroxylation is 1. The van der Waals surface area contributed by atoms with E-state index in [1.54, 1.807) is 0 Å². The number of hydrogen-bond donors (Lipinski definition) is 0. The van der Waals surface area contributed by atoms with Gasteiger partial charge in [0.1, 0.15) is 12.4 Å². The Balaban J connectivity index is 2.09. The highest BCUT2D eigenvalue weighted by atomic mass is 79.9. The summed E-state index contributed by atoms with van der Waals surface area (Å²) in [5.41, 5.74) is 2.16. The molecule has 0 atom stereocenters. The van der Waals surface area contributed by atoms with E-state index in [0.29, 0.717) is 6.73 Å². The molecular formula is C14H21BrN2OS. The zero-order valence-corrected chi connectivity index (χ0v) is 14.3. The van der Waals surface area contributed by atoms with Crippen LogP contribution in [0.1, 0.15) is 5.69 Å². The van der Waals surface area contributed by atoms with Gasteiger partial charge < -0.3 is 9.30 Å². The molecule has 0 fully saturated rings. The second-order valence-electron chi connectivity index (χ2n) is 5.58. The SMILES string of the molecule is Cc1cc2c(Br)ccnc2n1COCCS(C)(C)C. The lowest BCUT2D eigenvalue weighted by Crippen LogP contribution is -2.10. The van der Waals surface area contributed by atoms with Gasteiger partial charge in [0.05, 0.1) is 6.61 Å². The highest BCUT2D eigenvalue weighted by molar-refractivity contribution is 9.10. The first-order valence-corrected chi connectivity index (χ1v) is 10.0. The van der Waals surface area contributed by atoms with Crippen molar-refractivity contribution in [3.05, 3.63) is 28.5 Å². The molecule has 0 aliphatic rings. The van der Waals surface area contributed by atoms with Crippen molar-refractivity contribution in [2.45, 2.75) is 13.7 Å². The molecule has 0 amide bonds. The molecule has 0 bridgehead atoms. The Morgan fingerprint density at radius 3 is 2.79 bits per heavy atom. The number of ether oxygens (including phenoxy) is 1. The average Bonchev–Trinajstić information content (AvgIpc) is 2.62. The highest BCUT2D eigenvalue weighted by Gasteiger charge is 2.09. The van der Waals surface area contributed by atoms with Crippen LogP contribution in [0.4, 0.5) is 0 Å². The van der Waals surface area contributed by atoms with Crippen molar-refractivity contribution in [1.82, 2.24) is 9.55 Å². The van der Waals surface area contributed by atoms with E-state index in [1.807, 2.05) is 12.3 Å². The predicted octanol–water partition coefficient (Wildman–Crippen LogP) is 3.78. The number of nitrogens with zero attached hydrogens (tertiary/aromatic N) is 2. The van der Waals surface area contributed by atoms with Crippen molar-refractivity contribution >= 4 is 37.0 Å². The van der Waals surface area contributed by atoms with Crippen molar-refractivity contribution < 1.29 is 4.74 Å². The fourth-order valence-electron chi connectivity index (χ4n) is 1.87. The summed E-state index contributed by atoms with van der Waals surface area (Å²) in [6.45, 7) is 3.48. The highest BCUT2D eigenvalue weighted by Crippen LogP contribution is 2.33. The Morgan fingerprint density at radius 2 is 2.11 bits per heavy atom. The van der Waals surface area contributed by atoms with Crippen molar-refractivity contribution in [3.63, 3.8) is 0 Å². The maximum absolute atomic E-state index is 5.81. The van der Waals surface area contributed by atoms with Gasteiger partial charge in [-0.15, -0.1) is 0 Å². The average molecular weight is 345 g/mol. The monoisotopic (exact) mass is 344 g/mol. The number of aromatic nitrogens is 2. The molecule has 0 saturated carbocycles. The van der Waals surface area contributed by atoms with Gasteiger partial charge in [-0.1, -0.05) is 0 Å². The number of rotatable bonds is 5. The van der Waals surface area contributed by atoms with Gasteiger partial charge in [0.15, 0.2) is 0 Å². The summed E-state index contributed by atoms with van der Waals surface area (Å²) in [6.07, 6.45) is 8.75. The molecule has 0 unspecified atom stereocenters. The molecule has 2 rings (SSSR count). The van der Waals surface area contributed by atoms with Crippen LogP contribution in [0.5, 0.6) is 0 Å². The molecule has 19 heavy (non-hydrogen) atoms. The quantitative estimate of drug-likeness (QED) is 0.772. The van der Waals surface area contributed by atoms with Crippen molar-refractivity contribution in [3.8, 4) is 0 Å². The molecule has 0 saturated heterocycles. The van der Waals surface area contributed by atoms with Gasteiger partial charge in [-0.2, -0.15) is 0 Å². The molecule has 2 heterocycles. The summed E-state index contributed by atoms with van der Waals surface area (Å²) in [6, 6.07) is 4.11. The van der Waals surface area contributed by atoms with E-state index >= 15 is 0 Å². The van der Waals surface area contributed by atoms with E-state index in [0.717, 1.165) is 27.9 Å². The second-order valence-corrected chi connectivity index (χ2v) is 11.0. The van der Waals surface area contributed by atoms with Crippen LogP contribution in [-0.4, -0.2) is 40.7 Å². The molecule has 3 nitrogen and oxygen atoms in total. The second kappa shape index (κ2) is 5.85. The van der Waals surface area contributed by atoms with Crippen LogP contribution in [0, 0.1) is 6.92 Å². The van der Waals surface area contributed by atoms with Crippen LogP contribution in [0.25, 0.3) is 11.0 Å². The minimum atomic E-state index is -0.482. The summed E-state index contributed by atoms with van der Waals surface area (Å²) in [5, 5.41) is 1.14. The Labute approximate surface area is 124 Å².